The highest BCUT2D eigenvalue weighted by Crippen LogP contribution is 2.24. The smallest absolute Gasteiger partial charge is 0.313 e. The van der Waals surface area contributed by atoms with E-state index >= 15 is 0 Å². The van der Waals surface area contributed by atoms with E-state index in [1.165, 1.54) is 10.6 Å². The summed E-state index contributed by atoms with van der Waals surface area (Å²) in [5.41, 5.74) is 6.64. The van der Waals surface area contributed by atoms with Gasteiger partial charge in [-0.05, 0) is 24.6 Å². The Labute approximate surface area is 112 Å². The first-order valence-corrected chi connectivity index (χ1v) is 6.29. The van der Waals surface area contributed by atoms with Crippen molar-refractivity contribution in [1.82, 2.24) is 14.8 Å². The predicted molar refractivity (Wildman–Crippen MR) is 68.8 cm³/mol. The second-order valence-corrected chi connectivity index (χ2v) is 4.73. The molecule has 0 bridgehead atoms. The first kappa shape index (κ1) is 13.3. The number of hydrogen-bond donors (Lipinski definition) is 2. The first-order valence-electron chi connectivity index (χ1n) is 5.31. The lowest BCUT2D eigenvalue weighted by Crippen LogP contribution is -2.05. The maximum atomic E-state index is 13.6. The largest absolute Gasteiger partial charge is 0.481 e. The lowest BCUT2D eigenvalue weighted by Gasteiger charge is -2.08. The number of nitrogen functional groups attached to an aromatic ring is 1. The molecule has 6 nitrogen and oxygen atoms in total. The summed E-state index contributed by atoms with van der Waals surface area (Å²) in [6.07, 6.45) is 0. The third-order valence-electron chi connectivity index (χ3n) is 2.40. The molecule has 19 heavy (non-hydrogen) atoms. The lowest BCUT2D eigenvalue weighted by molar-refractivity contribution is -0.133. The average molecular weight is 282 g/mol. The van der Waals surface area contributed by atoms with Crippen molar-refractivity contribution in [2.24, 2.45) is 0 Å². The number of hydrogen-bond acceptors (Lipinski definition) is 5. The summed E-state index contributed by atoms with van der Waals surface area (Å²) < 4.78 is 15.0. The standard InChI is InChI=1S/C11H11FN4O2S/c1-6-2-3-7(4-8(6)12)16-10(13)14-15-11(16)19-5-9(17)18/h2-4H,5H2,1H3,(H2,13,14)(H,17,18). The van der Waals surface area contributed by atoms with Gasteiger partial charge in [0.15, 0.2) is 5.16 Å². The second-order valence-electron chi connectivity index (χ2n) is 3.79. The van der Waals surface area contributed by atoms with E-state index in [9.17, 15) is 9.18 Å². The van der Waals surface area contributed by atoms with Crippen LogP contribution in [0.4, 0.5) is 10.3 Å². The minimum Gasteiger partial charge on any atom is -0.481 e. The summed E-state index contributed by atoms with van der Waals surface area (Å²) >= 11 is 0.968. The molecule has 0 saturated heterocycles. The number of halogens is 1. The van der Waals surface area contributed by atoms with Crippen LogP contribution in [0.25, 0.3) is 5.69 Å². The Bertz CT molecular complexity index is 629. The van der Waals surface area contributed by atoms with Crippen LogP contribution in [-0.2, 0) is 4.79 Å². The quantitative estimate of drug-likeness (QED) is 0.825. The van der Waals surface area contributed by atoms with Crippen LogP contribution >= 0.6 is 11.8 Å². The highest BCUT2D eigenvalue weighted by atomic mass is 32.2. The molecule has 0 atom stereocenters. The molecule has 3 N–H and O–H groups in total. The Kier molecular flexibility index (Phi) is 3.70. The molecule has 1 aromatic heterocycles. The molecule has 0 amide bonds. The Morgan fingerprint density at radius 1 is 1.53 bits per heavy atom. The van der Waals surface area contributed by atoms with Gasteiger partial charge in [0, 0.05) is 0 Å². The van der Waals surface area contributed by atoms with Crippen molar-refractivity contribution >= 4 is 23.7 Å². The fourth-order valence-electron chi connectivity index (χ4n) is 1.46. The zero-order valence-electron chi connectivity index (χ0n) is 10.00. The zero-order chi connectivity index (χ0) is 14.0. The number of nitrogens with two attached hydrogens (primary N) is 1. The van der Waals surface area contributed by atoms with Crippen molar-refractivity contribution in [3.63, 3.8) is 0 Å². The number of carboxylic acids is 1. The number of rotatable bonds is 4. The van der Waals surface area contributed by atoms with E-state index in [0.717, 1.165) is 11.8 Å². The predicted octanol–water partition coefficient (Wildman–Crippen LogP) is 1.47. The number of thioether (sulfide) groups is 1. The van der Waals surface area contributed by atoms with Gasteiger partial charge in [-0.15, -0.1) is 10.2 Å². The van der Waals surface area contributed by atoms with Crippen molar-refractivity contribution in [1.29, 1.82) is 0 Å². The van der Waals surface area contributed by atoms with Crippen molar-refractivity contribution in [3.05, 3.63) is 29.6 Å². The van der Waals surface area contributed by atoms with Gasteiger partial charge in [0.2, 0.25) is 5.95 Å². The summed E-state index contributed by atoms with van der Waals surface area (Å²) in [6, 6.07) is 4.58. The van der Waals surface area contributed by atoms with Crippen molar-refractivity contribution in [2.45, 2.75) is 12.1 Å². The average Bonchev–Trinajstić information content (AvgIpc) is 2.71. The monoisotopic (exact) mass is 282 g/mol. The molecule has 0 aliphatic rings. The van der Waals surface area contributed by atoms with Crippen molar-refractivity contribution < 1.29 is 14.3 Å². The molecular formula is C11H11FN4O2S. The van der Waals surface area contributed by atoms with E-state index in [2.05, 4.69) is 10.2 Å². The highest BCUT2D eigenvalue weighted by molar-refractivity contribution is 7.99. The molecule has 0 unspecified atom stereocenters. The SMILES string of the molecule is Cc1ccc(-n2c(N)nnc2SCC(=O)O)cc1F. The molecular weight excluding hydrogens is 271 g/mol. The van der Waals surface area contributed by atoms with Gasteiger partial charge in [0.25, 0.3) is 0 Å². The third-order valence-corrected chi connectivity index (χ3v) is 3.31. The molecule has 0 aliphatic heterocycles. The van der Waals surface area contributed by atoms with E-state index in [1.807, 2.05) is 0 Å². The van der Waals surface area contributed by atoms with Crippen LogP contribution in [0.3, 0.4) is 0 Å². The normalized spacial score (nSPS) is 10.6. The molecule has 2 rings (SSSR count). The van der Waals surface area contributed by atoms with Crippen LogP contribution in [0.15, 0.2) is 23.4 Å². The van der Waals surface area contributed by atoms with Gasteiger partial charge in [-0.1, -0.05) is 17.8 Å². The molecule has 0 fully saturated rings. The lowest BCUT2D eigenvalue weighted by atomic mass is 10.2. The Morgan fingerprint density at radius 3 is 2.89 bits per heavy atom. The second kappa shape index (κ2) is 5.27. The number of nitrogens with zero attached hydrogens (tertiary/aromatic N) is 3. The van der Waals surface area contributed by atoms with Crippen molar-refractivity contribution in [2.75, 3.05) is 11.5 Å². The summed E-state index contributed by atoms with van der Waals surface area (Å²) in [4.78, 5) is 10.6. The van der Waals surface area contributed by atoms with E-state index < -0.39 is 5.97 Å². The van der Waals surface area contributed by atoms with Crippen molar-refractivity contribution in [3.8, 4) is 5.69 Å². The molecule has 2 aromatic rings. The van der Waals surface area contributed by atoms with Gasteiger partial charge in [-0.2, -0.15) is 0 Å². The van der Waals surface area contributed by atoms with Gasteiger partial charge in [-0.25, -0.2) is 4.39 Å². The van der Waals surface area contributed by atoms with E-state index in [1.54, 1.807) is 19.1 Å². The van der Waals surface area contributed by atoms with Gasteiger partial charge >= 0.3 is 5.97 Å². The van der Waals surface area contributed by atoms with Gasteiger partial charge in [-0.3, -0.25) is 9.36 Å². The molecule has 8 heteroatoms. The molecule has 0 radical (unpaired) electrons. The van der Waals surface area contributed by atoms with Gasteiger partial charge < -0.3 is 10.8 Å². The molecule has 0 spiro atoms. The van der Waals surface area contributed by atoms with Crippen LogP contribution in [0.5, 0.6) is 0 Å². The molecule has 0 saturated carbocycles. The summed E-state index contributed by atoms with van der Waals surface area (Å²) in [5.74, 6) is -1.45. The molecule has 1 aromatic carbocycles. The number of carboxylic acid groups (broad SMARTS) is 1. The topological polar surface area (TPSA) is 94.0 Å². The number of aliphatic carboxylic acids is 1. The number of aryl methyl sites for hydroxylation is 1. The maximum Gasteiger partial charge on any atom is 0.313 e. The minimum atomic E-state index is -0.979. The number of carbonyl (C=O) groups is 1. The van der Waals surface area contributed by atoms with Crippen LogP contribution in [-0.4, -0.2) is 31.6 Å². The minimum absolute atomic E-state index is 0.0798. The Balaban J connectivity index is 2.40. The number of anilines is 1. The maximum absolute atomic E-state index is 13.6. The van der Waals surface area contributed by atoms with Crippen LogP contribution in [0.2, 0.25) is 0 Å². The number of benzene rings is 1. The van der Waals surface area contributed by atoms with E-state index in [-0.39, 0.29) is 17.5 Å². The summed E-state index contributed by atoms with van der Waals surface area (Å²) in [5, 5.41) is 16.4. The molecule has 100 valence electrons. The zero-order valence-corrected chi connectivity index (χ0v) is 10.8. The van der Waals surface area contributed by atoms with Crippen LogP contribution in [0.1, 0.15) is 5.56 Å². The van der Waals surface area contributed by atoms with E-state index in [4.69, 9.17) is 10.8 Å². The van der Waals surface area contributed by atoms with Gasteiger partial charge in [0.1, 0.15) is 5.82 Å². The van der Waals surface area contributed by atoms with Gasteiger partial charge in [0.05, 0.1) is 11.4 Å². The molecule has 1 heterocycles. The number of aromatic nitrogens is 3. The van der Waals surface area contributed by atoms with Crippen LogP contribution in [0, 0.1) is 12.7 Å². The Hall–Kier alpha value is -2.09. The first-order chi connectivity index (χ1) is 8.99. The molecule has 0 aliphatic carbocycles. The summed E-state index contributed by atoms with van der Waals surface area (Å²) in [7, 11) is 0. The Morgan fingerprint density at radius 2 is 2.26 bits per heavy atom. The fraction of sp³-hybridized carbons (Fsp3) is 0.182. The summed E-state index contributed by atoms with van der Waals surface area (Å²) in [6.45, 7) is 1.65. The van der Waals surface area contributed by atoms with Crippen LogP contribution < -0.4 is 5.73 Å². The third kappa shape index (κ3) is 2.84. The van der Waals surface area contributed by atoms with E-state index in [0.29, 0.717) is 16.4 Å². The highest BCUT2D eigenvalue weighted by Gasteiger charge is 2.14. The fourth-order valence-corrected chi connectivity index (χ4v) is 2.14.